The van der Waals surface area contributed by atoms with E-state index in [-0.39, 0.29) is 5.82 Å². The van der Waals surface area contributed by atoms with Gasteiger partial charge < -0.3 is 14.8 Å². The van der Waals surface area contributed by atoms with E-state index in [1.165, 1.54) is 12.1 Å². The third-order valence-corrected chi connectivity index (χ3v) is 4.51. The SMILES string of the molecule is COc1cc(CNCCc2ccc(F)cc2)cc(Cl)c1OCc1cccnc1. The van der Waals surface area contributed by atoms with Gasteiger partial charge >= 0.3 is 0 Å². The first kappa shape index (κ1) is 20.1. The number of nitrogens with zero attached hydrogens (tertiary/aromatic N) is 1. The molecule has 146 valence electrons. The molecule has 0 aliphatic carbocycles. The number of benzene rings is 2. The Hall–Kier alpha value is -2.63. The van der Waals surface area contributed by atoms with E-state index in [0.717, 1.165) is 29.7 Å². The molecule has 1 aromatic heterocycles. The summed E-state index contributed by atoms with van der Waals surface area (Å²) in [5.41, 5.74) is 3.03. The second kappa shape index (κ2) is 10.1. The van der Waals surface area contributed by atoms with E-state index in [1.54, 1.807) is 31.6 Å². The van der Waals surface area contributed by atoms with Gasteiger partial charge in [-0.1, -0.05) is 29.8 Å². The molecular formula is C22H22ClFN2O2. The molecule has 0 unspecified atom stereocenters. The molecule has 0 spiro atoms. The van der Waals surface area contributed by atoms with Crippen molar-refractivity contribution in [3.8, 4) is 11.5 Å². The molecular weight excluding hydrogens is 379 g/mol. The molecule has 28 heavy (non-hydrogen) atoms. The molecule has 3 rings (SSSR count). The average Bonchev–Trinajstić information content (AvgIpc) is 2.72. The predicted molar refractivity (Wildman–Crippen MR) is 108 cm³/mol. The molecule has 0 radical (unpaired) electrons. The first-order valence-corrected chi connectivity index (χ1v) is 9.37. The molecule has 2 aromatic carbocycles. The molecule has 0 saturated carbocycles. The molecule has 0 saturated heterocycles. The molecule has 1 heterocycles. The minimum Gasteiger partial charge on any atom is -0.493 e. The Labute approximate surface area is 169 Å². The van der Waals surface area contributed by atoms with Crippen molar-refractivity contribution in [1.82, 2.24) is 10.3 Å². The van der Waals surface area contributed by atoms with E-state index in [0.29, 0.717) is 29.7 Å². The Bertz CT molecular complexity index is 889. The Morgan fingerprint density at radius 2 is 1.89 bits per heavy atom. The Morgan fingerprint density at radius 1 is 1.07 bits per heavy atom. The molecule has 6 heteroatoms. The van der Waals surface area contributed by atoms with Gasteiger partial charge in [0.25, 0.3) is 0 Å². The maximum Gasteiger partial charge on any atom is 0.180 e. The van der Waals surface area contributed by atoms with Gasteiger partial charge in [0.2, 0.25) is 0 Å². The van der Waals surface area contributed by atoms with Crippen molar-refractivity contribution in [2.45, 2.75) is 19.6 Å². The van der Waals surface area contributed by atoms with Crippen LogP contribution < -0.4 is 14.8 Å². The van der Waals surface area contributed by atoms with Crippen LogP contribution in [0.4, 0.5) is 4.39 Å². The number of nitrogens with one attached hydrogen (secondary N) is 1. The summed E-state index contributed by atoms with van der Waals surface area (Å²) >= 11 is 6.42. The van der Waals surface area contributed by atoms with E-state index >= 15 is 0 Å². The Kier molecular flexibility index (Phi) is 7.23. The van der Waals surface area contributed by atoms with Crippen molar-refractivity contribution in [2.75, 3.05) is 13.7 Å². The largest absolute Gasteiger partial charge is 0.493 e. The van der Waals surface area contributed by atoms with Gasteiger partial charge in [-0.25, -0.2) is 4.39 Å². The van der Waals surface area contributed by atoms with Gasteiger partial charge in [0, 0.05) is 24.5 Å². The van der Waals surface area contributed by atoms with Crippen LogP contribution in [0.5, 0.6) is 11.5 Å². The van der Waals surface area contributed by atoms with Crippen molar-refractivity contribution >= 4 is 11.6 Å². The van der Waals surface area contributed by atoms with Crippen LogP contribution in [0.15, 0.2) is 60.9 Å². The maximum absolute atomic E-state index is 12.9. The standard InChI is InChI=1S/C22H22ClFN2O2/c1-27-21-12-18(14-26-10-8-16-4-6-19(24)7-5-16)11-20(23)22(21)28-15-17-3-2-9-25-13-17/h2-7,9,11-13,26H,8,10,14-15H2,1H3. The van der Waals surface area contributed by atoms with E-state index in [2.05, 4.69) is 10.3 Å². The lowest BCUT2D eigenvalue weighted by molar-refractivity contribution is 0.284. The van der Waals surface area contributed by atoms with Crippen molar-refractivity contribution in [2.24, 2.45) is 0 Å². The van der Waals surface area contributed by atoms with Crippen LogP contribution in [0.2, 0.25) is 5.02 Å². The van der Waals surface area contributed by atoms with Gasteiger partial charge in [-0.3, -0.25) is 4.98 Å². The fourth-order valence-corrected chi connectivity index (χ4v) is 3.06. The predicted octanol–water partition coefficient (Wildman–Crippen LogP) is 4.79. The highest BCUT2D eigenvalue weighted by Crippen LogP contribution is 2.37. The summed E-state index contributed by atoms with van der Waals surface area (Å²) in [5.74, 6) is 0.888. The number of aromatic nitrogens is 1. The van der Waals surface area contributed by atoms with Crippen LogP contribution in [0.3, 0.4) is 0 Å². The summed E-state index contributed by atoms with van der Waals surface area (Å²) in [4.78, 5) is 4.07. The van der Waals surface area contributed by atoms with Gasteiger partial charge in [0.05, 0.1) is 12.1 Å². The normalized spacial score (nSPS) is 10.7. The lowest BCUT2D eigenvalue weighted by atomic mass is 10.1. The Morgan fingerprint density at radius 3 is 2.61 bits per heavy atom. The van der Waals surface area contributed by atoms with Crippen LogP contribution in [-0.4, -0.2) is 18.6 Å². The molecule has 0 bridgehead atoms. The highest BCUT2D eigenvalue weighted by atomic mass is 35.5. The van der Waals surface area contributed by atoms with Crippen molar-refractivity contribution < 1.29 is 13.9 Å². The van der Waals surface area contributed by atoms with E-state index in [9.17, 15) is 4.39 Å². The quantitative estimate of drug-likeness (QED) is 0.524. The van der Waals surface area contributed by atoms with Gasteiger partial charge in [-0.2, -0.15) is 0 Å². The van der Waals surface area contributed by atoms with Gasteiger partial charge in [-0.05, 0) is 54.4 Å². The molecule has 1 N–H and O–H groups in total. The molecule has 0 atom stereocenters. The van der Waals surface area contributed by atoms with Gasteiger partial charge in [-0.15, -0.1) is 0 Å². The molecule has 0 amide bonds. The summed E-state index contributed by atoms with van der Waals surface area (Å²) < 4.78 is 24.2. The number of halogens is 2. The van der Waals surface area contributed by atoms with E-state index in [4.69, 9.17) is 21.1 Å². The number of hydrogen-bond donors (Lipinski definition) is 1. The molecule has 0 fully saturated rings. The van der Waals surface area contributed by atoms with Gasteiger partial charge in [0.1, 0.15) is 12.4 Å². The lowest BCUT2D eigenvalue weighted by Crippen LogP contribution is -2.16. The summed E-state index contributed by atoms with van der Waals surface area (Å²) in [7, 11) is 1.59. The summed E-state index contributed by atoms with van der Waals surface area (Å²) in [6.45, 7) is 1.77. The first-order chi connectivity index (χ1) is 13.7. The summed E-state index contributed by atoms with van der Waals surface area (Å²) in [5, 5.41) is 3.86. The van der Waals surface area contributed by atoms with E-state index in [1.807, 2.05) is 24.3 Å². The van der Waals surface area contributed by atoms with Crippen LogP contribution >= 0.6 is 11.6 Å². The lowest BCUT2D eigenvalue weighted by Gasteiger charge is -2.14. The van der Waals surface area contributed by atoms with Crippen LogP contribution in [0.1, 0.15) is 16.7 Å². The molecule has 0 aliphatic heterocycles. The number of ether oxygens (including phenoxy) is 2. The highest BCUT2D eigenvalue weighted by molar-refractivity contribution is 6.32. The fourth-order valence-electron chi connectivity index (χ4n) is 2.77. The molecule has 3 aromatic rings. The number of pyridine rings is 1. The number of methoxy groups -OCH3 is 1. The average molecular weight is 401 g/mol. The monoisotopic (exact) mass is 400 g/mol. The first-order valence-electron chi connectivity index (χ1n) is 8.99. The summed E-state index contributed by atoms with van der Waals surface area (Å²) in [6, 6.07) is 14.1. The van der Waals surface area contributed by atoms with Crippen molar-refractivity contribution in [1.29, 1.82) is 0 Å². The second-order valence-electron chi connectivity index (χ2n) is 6.31. The van der Waals surface area contributed by atoms with Crippen LogP contribution in [0.25, 0.3) is 0 Å². The third kappa shape index (κ3) is 5.68. The zero-order valence-electron chi connectivity index (χ0n) is 15.6. The van der Waals surface area contributed by atoms with Crippen LogP contribution in [-0.2, 0) is 19.6 Å². The van der Waals surface area contributed by atoms with Crippen molar-refractivity contribution in [3.05, 3.63) is 88.5 Å². The zero-order valence-corrected chi connectivity index (χ0v) is 16.4. The van der Waals surface area contributed by atoms with Crippen molar-refractivity contribution in [3.63, 3.8) is 0 Å². The molecule has 4 nitrogen and oxygen atoms in total. The third-order valence-electron chi connectivity index (χ3n) is 4.23. The fraction of sp³-hybridized carbons (Fsp3) is 0.227. The number of hydrogen-bond acceptors (Lipinski definition) is 4. The minimum absolute atomic E-state index is 0.218. The maximum atomic E-state index is 12.9. The van der Waals surface area contributed by atoms with E-state index < -0.39 is 0 Å². The topological polar surface area (TPSA) is 43.4 Å². The van der Waals surface area contributed by atoms with Gasteiger partial charge in [0.15, 0.2) is 11.5 Å². The van der Waals surface area contributed by atoms with Crippen LogP contribution in [0, 0.1) is 5.82 Å². The smallest absolute Gasteiger partial charge is 0.180 e. The minimum atomic E-state index is -0.218. The highest BCUT2D eigenvalue weighted by Gasteiger charge is 2.12. The zero-order chi connectivity index (χ0) is 19.8. The second-order valence-corrected chi connectivity index (χ2v) is 6.72. The number of rotatable bonds is 9. The Balaban J connectivity index is 1.56. The summed E-state index contributed by atoms with van der Waals surface area (Å²) in [6.07, 6.45) is 4.28. The molecule has 0 aliphatic rings.